The summed E-state index contributed by atoms with van der Waals surface area (Å²) in [6.07, 6.45) is -4.96. The molecule has 1 fully saturated rings. The molecule has 15 heteroatoms. The minimum Gasteiger partial charge on any atom is -0.382 e. The van der Waals surface area contributed by atoms with Crippen LogP contribution in [0.1, 0.15) is 32.6 Å². The van der Waals surface area contributed by atoms with Gasteiger partial charge in [-0.2, -0.15) is 0 Å². The van der Waals surface area contributed by atoms with E-state index in [0.717, 1.165) is 0 Å². The van der Waals surface area contributed by atoms with Crippen LogP contribution in [0, 0.1) is 6.92 Å². The zero-order valence-corrected chi connectivity index (χ0v) is 23.9. The van der Waals surface area contributed by atoms with E-state index in [4.69, 9.17) is 28.0 Å². The molecule has 35 heavy (non-hydrogen) atoms. The summed E-state index contributed by atoms with van der Waals surface area (Å²) in [5.41, 5.74) is -2.20. The first-order chi connectivity index (χ1) is 16.2. The molecular weight excluding hydrogens is 522 g/mol. The van der Waals surface area contributed by atoms with Gasteiger partial charge in [-0.1, -0.05) is 0 Å². The largest absolute Gasteiger partial charge is 0.396 e. The molecule has 0 amide bonds. The third kappa shape index (κ3) is 7.87. The molecule has 1 N–H and O–H groups in total. The lowest BCUT2D eigenvalue weighted by molar-refractivity contribution is -0.119. The summed E-state index contributed by atoms with van der Waals surface area (Å²) >= 11 is 0.672. The summed E-state index contributed by atoms with van der Waals surface area (Å²) in [5.74, 6) is 0. The zero-order chi connectivity index (χ0) is 26.6. The highest BCUT2D eigenvalue weighted by Crippen LogP contribution is 2.77. The van der Waals surface area contributed by atoms with Crippen molar-refractivity contribution in [2.75, 3.05) is 47.4 Å². The molecule has 0 radical (unpaired) electrons. The molecule has 1 aromatic rings. The average Bonchev–Trinajstić information content (AvgIpc) is 3.08. The van der Waals surface area contributed by atoms with Gasteiger partial charge < -0.3 is 28.0 Å². The Morgan fingerprint density at radius 3 is 2.37 bits per heavy atom. The zero-order valence-electron chi connectivity index (χ0n) is 21.3. The molecule has 1 aliphatic heterocycles. The van der Waals surface area contributed by atoms with E-state index >= 15 is 0 Å². The molecule has 2 heterocycles. The maximum atomic E-state index is 13.5. The summed E-state index contributed by atoms with van der Waals surface area (Å²) < 4.78 is 61.6. The van der Waals surface area contributed by atoms with E-state index in [2.05, 4.69) is 4.98 Å². The predicted octanol–water partition coefficient (Wildman–Crippen LogP) is 3.00. The normalized spacial score (nSPS) is 25.0. The van der Waals surface area contributed by atoms with Crippen LogP contribution in [-0.2, 0) is 37.1 Å². The first kappa shape index (κ1) is 30.5. The van der Waals surface area contributed by atoms with Crippen LogP contribution in [0.15, 0.2) is 15.8 Å². The van der Waals surface area contributed by atoms with Gasteiger partial charge in [0.2, 0.25) is 0 Å². The number of ether oxygens (including phenoxy) is 4. The quantitative estimate of drug-likeness (QED) is 0.282. The van der Waals surface area contributed by atoms with Crippen molar-refractivity contribution >= 4 is 24.1 Å². The van der Waals surface area contributed by atoms with Crippen LogP contribution in [0.25, 0.3) is 0 Å². The third-order valence-electron chi connectivity index (χ3n) is 5.10. The number of aromatic nitrogens is 2. The average molecular weight is 559 g/mol. The lowest BCUT2D eigenvalue weighted by atomic mass is 9.95. The SMILES string of the molecule is CCOP(=O)(OC(C)(C)C1O[C@@H](n2cc(C)c(=O)[nH]c2=O)[C@H](OCCOC)[C@@H]1OC)SP(C)(C)=O. The highest BCUT2D eigenvalue weighted by molar-refractivity contribution is 8.86. The molecule has 2 rings (SSSR count). The van der Waals surface area contributed by atoms with E-state index < -0.39 is 54.5 Å². The number of nitrogens with one attached hydrogen (secondary N) is 1. The van der Waals surface area contributed by atoms with E-state index in [0.29, 0.717) is 16.6 Å². The number of aryl methyl sites for hydroxylation is 1. The minimum absolute atomic E-state index is 0.0804. The van der Waals surface area contributed by atoms with E-state index in [-0.39, 0.29) is 19.8 Å². The maximum Gasteiger partial charge on any atom is 0.396 e. The van der Waals surface area contributed by atoms with Crippen molar-refractivity contribution in [2.24, 2.45) is 0 Å². The molecule has 0 aliphatic carbocycles. The predicted molar refractivity (Wildman–Crippen MR) is 134 cm³/mol. The van der Waals surface area contributed by atoms with Crippen molar-refractivity contribution < 1.29 is 37.1 Å². The van der Waals surface area contributed by atoms with Crippen molar-refractivity contribution in [2.45, 2.75) is 57.8 Å². The molecule has 2 unspecified atom stereocenters. The highest BCUT2D eigenvalue weighted by Gasteiger charge is 2.55. The number of hydrogen-bond acceptors (Lipinski definition) is 11. The van der Waals surface area contributed by atoms with Gasteiger partial charge in [0.25, 0.3) is 5.56 Å². The van der Waals surface area contributed by atoms with Gasteiger partial charge in [0.1, 0.15) is 30.3 Å². The third-order valence-corrected chi connectivity index (χ3v) is 14.6. The molecule has 0 aromatic carbocycles. The Balaban J connectivity index is 2.49. The molecule has 0 bridgehead atoms. The number of hydrogen-bond donors (Lipinski definition) is 1. The second kappa shape index (κ2) is 12.2. The first-order valence-corrected chi connectivity index (χ1v) is 17.2. The Morgan fingerprint density at radius 2 is 1.83 bits per heavy atom. The summed E-state index contributed by atoms with van der Waals surface area (Å²) in [6, 6.07) is 0. The topological polar surface area (TPSA) is 144 Å². The lowest BCUT2D eigenvalue weighted by Crippen LogP contribution is -2.48. The highest BCUT2D eigenvalue weighted by atomic mass is 33.1. The van der Waals surface area contributed by atoms with Gasteiger partial charge in [-0.3, -0.25) is 18.9 Å². The van der Waals surface area contributed by atoms with Crippen LogP contribution in [0.4, 0.5) is 0 Å². The second-order valence-corrected chi connectivity index (χ2v) is 18.8. The van der Waals surface area contributed by atoms with E-state index in [9.17, 15) is 18.7 Å². The van der Waals surface area contributed by atoms with Crippen LogP contribution in [0.3, 0.4) is 0 Å². The molecule has 5 atom stereocenters. The van der Waals surface area contributed by atoms with Crippen LogP contribution < -0.4 is 11.2 Å². The molecule has 0 spiro atoms. The first-order valence-electron chi connectivity index (χ1n) is 11.0. The monoisotopic (exact) mass is 558 g/mol. The molecule has 1 aromatic heterocycles. The van der Waals surface area contributed by atoms with Gasteiger partial charge in [-0.25, -0.2) is 9.36 Å². The fourth-order valence-corrected chi connectivity index (χ4v) is 13.0. The Bertz CT molecular complexity index is 1070. The van der Waals surface area contributed by atoms with Crippen molar-refractivity contribution in [3.8, 4) is 0 Å². The van der Waals surface area contributed by atoms with Gasteiger partial charge in [0.05, 0.1) is 19.8 Å². The Kier molecular flexibility index (Phi) is 10.6. The number of rotatable bonds is 13. The molecule has 0 saturated carbocycles. The van der Waals surface area contributed by atoms with Gasteiger partial charge in [0, 0.05) is 37.0 Å². The fourth-order valence-electron chi connectivity index (χ4n) is 3.71. The Hall–Kier alpha value is -0.750. The molecule has 1 aliphatic rings. The van der Waals surface area contributed by atoms with Crippen LogP contribution >= 0.6 is 24.1 Å². The summed E-state index contributed by atoms with van der Waals surface area (Å²) in [6.45, 7) is 6.12. The summed E-state index contributed by atoms with van der Waals surface area (Å²) in [5, 5.41) is 0. The smallest absolute Gasteiger partial charge is 0.382 e. The van der Waals surface area contributed by atoms with Gasteiger partial charge >= 0.3 is 12.5 Å². The van der Waals surface area contributed by atoms with Crippen molar-refractivity contribution in [3.63, 3.8) is 0 Å². The van der Waals surface area contributed by atoms with E-state index in [1.807, 2.05) is 0 Å². The standard InChI is InChI=1S/C20H36N2O10P2S/c1-9-30-34(26,35-33(7,8)25)32-20(3,4)16-14(28-6)15(29-11-10-27-5)18(31-16)22-12-13(2)17(23)21-19(22)24/h12,14-16,18H,9-11H2,1-8H3,(H,21,23,24)/t14-,15+,16?,18+,34?/m0/s1. The lowest BCUT2D eigenvalue weighted by Gasteiger charge is -2.36. The number of nitrogens with zero attached hydrogens (tertiary/aromatic N) is 1. The van der Waals surface area contributed by atoms with Crippen molar-refractivity contribution in [3.05, 3.63) is 32.6 Å². The van der Waals surface area contributed by atoms with Gasteiger partial charge in [0.15, 0.2) is 6.23 Å². The van der Waals surface area contributed by atoms with Crippen LogP contribution in [0.2, 0.25) is 0 Å². The fraction of sp³-hybridized carbons (Fsp3) is 0.800. The minimum atomic E-state index is -3.87. The number of methoxy groups -OCH3 is 2. The van der Waals surface area contributed by atoms with Crippen molar-refractivity contribution in [1.82, 2.24) is 9.55 Å². The van der Waals surface area contributed by atoms with Crippen molar-refractivity contribution in [1.29, 1.82) is 0 Å². The Labute approximate surface area is 208 Å². The second-order valence-electron chi connectivity index (χ2n) is 8.85. The van der Waals surface area contributed by atoms with Crippen LogP contribution in [0.5, 0.6) is 0 Å². The Morgan fingerprint density at radius 1 is 1.17 bits per heavy atom. The van der Waals surface area contributed by atoms with E-state index in [1.165, 1.54) is 38.3 Å². The number of H-pyrrole nitrogens is 1. The molecule has 1 saturated heterocycles. The molecule has 12 nitrogen and oxygen atoms in total. The number of aromatic amines is 1. The maximum absolute atomic E-state index is 13.5. The van der Waals surface area contributed by atoms with Gasteiger partial charge in [-0.05, 0) is 41.0 Å². The molecular formula is C20H36N2O10P2S. The summed E-state index contributed by atoms with van der Waals surface area (Å²) in [4.78, 5) is 26.8. The molecule has 202 valence electrons. The van der Waals surface area contributed by atoms with Crippen LogP contribution in [-0.4, -0.2) is 80.8 Å². The van der Waals surface area contributed by atoms with E-state index in [1.54, 1.807) is 27.7 Å². The summed E-state index contributed by atoms with van der Waals surface area (Å²) in [7, 11) is 2.98. The van der Waals surface area contributed by atoms with Gasteiger partial charge in [-0.15, -0.1) is 0 Å².